The predicted octanol–water partition coefficient (Wildman–Crippen LogP) is 3.33. The van der Waals surface area contributed by atoms with Crippen LogP contribution in [0.25, 0.3) is 0 Å². The standard InChI is InChI=1S/C17H16O2S/c1-19-17-10-9-14(12-15(17)6-5-11-18)13-20-16-7-3-2-4-8-16/h2-4,7-10,12,18H,11,13H2,1H3. The molecule has 0 fully saturated rings. The molecule has 2 aromatic rings. The summed E-state index contributed by atoms with van der Waals surface area (Å²) in [6, 6.07) is 16.3. The molecular formula is C17H16O2S. The van der Waals surface area contributed by atoms with Crippen LogP contribution in [0.15, 0.2) is 53.4 Å². The van der Waals surface area contributed by atoms with Gasteiger partial charge in [0, 0.05) is 10.6 Å². The summed E-state index contributed by atoms with van der Waals surface area (Å²) in [5.41, 5.74) is 2.00. The fraction of sp³-hybridized carbons (Fsp3) is 0.176. The Hall–Kier alpha value is -1.89. The minimum Gasteiger partial charge on any atom is -0.495 e. The Bertz CT molecular complexity index is 612. The van der Waals surface area contributed by atoms with Crippen molar-refractivity contribution >= 4 is 11.8 Å². The van der Waals surface area contributed by atoms with E-state index in [1.54, 1.807) is 18.9 Å². The SMILES string of the molecule is COc1ccc(CSc2ccccc2)cc1C#CCO. The number of hydrogen-bond donors (Lipinski definition) is 1. The van der Waals surface area contributed by atoms with E-state index in [4.69, 9.17) is 9.84 Å². The van der Waals surface area contributed by atoms with E-state index in [-0.39, 0.29) is 6.61 Å². The van der Waals surface area contributed by atoms with E-state index in [1.165, 1.54) is 10.5 Å². The third-order valence-corrected chi connectivity index (χ3v) is 3.80. The Labute approximate surface area is 123 Å². The molecule has 2 aromatic carbocycles. The van der Waals surface area contributed by atoms with E-state index in [0.29, 0.717) is 0 Å². The number of rotatable bonds is 4. The first-order chi connectivity index (χ1) is 9.83. The van der Waals surface area contributed by atoms with Crippen molar-refractivity contribution in [1.82, 2.24) is 0 Å². The maximum Gasteiger partial charge on any atom is 0.134 e. The Morgan fingerprint density at radius 2 is 1.95 bits per heavy atom. The van der Waals surface area contributed by atoms with Crippen LogP contribution in [0.3, 0.4) is 0 Å². The number of hydrogen-bond acceptors (Lipinski definition) is 3. The van der Waals surface area contributed by atoms with Crippen LogP contribution in [0.4, 0.5) is 0 Å². The van der Waals surface area contributed by atoms with Gasteiger partial charge in [-0.25, -0.2) is 0 Å². The van der Waals surface area contributed by atoms with Crippen LogP contribution in [-0.2, 0) is 5.75 Å². The lowest BCUT2D eigenvalue weighted by molar-refractivity contribution is 0.350. The normalized spacial score (nSPS) is 9.70. The van der Waals surface area contributed by atoms with Gasteiger partial charge in [-0.1, -0.05) is 36.1 Å². The van der Waals surface area contributed by atoms with Crippen LogP contribution >= 0.6 is 11.8 Å². The summed E-state index contributed by atoms with van der Waals surface area (Å²) in [5, 5.41) is 8.79. The quantitative estimate of drug-likeness (QED) is 0.690. The zero-order valence-electron chi connectivity index (χ0n) is 11.3. The maximum absolute atomic E-state index is 8.79. The van der Waals surface area contributed by atoms with Crippen LogP contribution in [0, 0.1) is 11.8 Å². The average molecular weight is 284 g/mol. The lowest BCUT2D eigenvalue weighted by Crippen LogP contribution is -1.90. The molecule has 0 spiro atoms. The molecule has 0 aliphatic heterocycles. The second-order valence-electron chi connectivity index (χ2n) is 4.10. The number of ether oxygens (including phenoxy) is 1. The Balaban J connectivity index is 2.12. The van der Waals surface area contributed by atoms with Crippen molar-refractivity contribution in [3.63, 3.8) is 0 Å². The zero-order valence-corrected chi connectivity index (χ0v) is 12.1. The molecule has 0 unspecified atom stereocenters. The molecule has 0 aliphatic carbocycles. The maximum atomic E-state index is 8.79. The van der Waals surface area contributed by atoms with Crippen molar-refractivity contribution in [2.45, 2.75) is 10.6 Å². The summed E-state index contributed by atoms with van der Waals surface area (Å²) in [5.74, 6) is 7.19. The molecule has 1 N–H and O–H groups in total. The second kappa shape index (κ2) is 7.64. The predicted molar refractivity (Wildman–Crippen MR) is 83.0 cm³/mol. The molecular weight excluding hydrogens is 268 g/mol. The molecule has 102 valence electrons. The number of benzene rings is 2. The van der Waals surface area contributed by atoms with E-state index in [9.17, 15) is 0 Å². The summed E-state index contributed by atoms with van der Waals surface area (Å²) >= 11 is 1.78. The highest BCUT2D eigenvalue weighted by Crippen LogP contribution is 2.25. The molecule has 0 heterocycles. The fourth-order valence-corrected chi connectivity index (χ4v) is 2.62. The van der Waals surface area contributed by atoms with E-state index in [1.807, 2.05) is 36.4 Å². The smallest absolute Gasteiger partial charge is 0.134 e. The number of methoxy groups -OCH3 is 1. The van der Waals surface area contributed by atoms with Crippen LogP contribution in [0.1, 0.15) is 11.1 Å². The van der Waals surface area contributed by atoms with Gasteiger partial charge in [-0.2, -0.15) is 0 Å². The molecule has 2 nitrogen and oxygen atoms in total. The first-order valence-corrected chi connectivity index (χ1v) is 7.26. The molecule has 0 saturated heterocycles. The Morgan fingerprint density at radius 3 is 2.65 bits per heavy atom. The number of aliphatic hydroxyl groups excluding tert-OH is 1. The lowest BCUT2D eigenvalue weighted by Gasteiger charge is -2.07. The van der Waals surface area contributed by atoms with Gasteiger partial charge in [-0.15, -0.1) is 11.8 Å². The highest BCUT2D eigenvalue weighted by atomic mass is 32.2. The van der Waals surface area contributed by atoms with Crippen molar-refractivity contribution in [2.24, 2.45) is 0 Å². The first kappa shape index (κ1) is 14.5. The minimum absolute atomic E-state index is 0.147. The zero-order chi connectivity index (χ0) is 14.2. The monoisotopic (exact) mass is 284 g/mol. The van der Waals surface area contributed by atoms with Crippen molar-refractivity contribution < 1.29 is 9.84 Å². The molecule has 0 aliphatic rings. The van der Waals surface area contributed by atoms with Crippen molar-refractivity contribution in [3.8, 4) is 17.6 Å². The highest BCUT2D eigenvalue weighted by molar-refractivity contribution is 7.98. The molecule has 20 heavy (non-hydrogen) atoms. The number of aliphatic hydroxyl groups is 1. The van der Waals surface area contributed by atoms with E-state index in [2.05, 4.69) is 24.0 Å². The molecule has 0 aromatic heterocycles. The third kappa shape index (κ3) is 4.06. The summed E-state index contributed by atoms with van der Waals surface area (Å²) in [6.45, 7) is -0.147. The minimum atomic E-state index is -0.147. The molecule has 0 radical (unpaired) electrons. The van der Waals surface area contributed by atoms with Gasteiger partial charge >= 0.3 is 0 Å². The van der Waals surface area contributed by atoms with Gasteiger partial charge in [0.05, 0.1) is 12.7 Å². The summed E-state index contributed by atoms with van der Waals surface area (Å²) in [4.78, 5) is 1.24. The van der Waals surface area contributed by atoms with Crippen LogP contribution in [0.2, 0.25) is 0 Å². The van der Waals surface area contributed by atoms with Crippen LogP contribution < -0.4 is 4.74 Å². The van der Waals surface area contributed by atoms with Gasteiger partial charge in [0.25, 0.3) is 0 Å². The van der Waals surface area contributed by atoms with Crippen LogP contribution in [-0.4, -0.2) is 18.8 Å². The highest BCUT2D eigenvalue weighted by Gasteiger charge is 2.03. The molecule has 2 rings (SSSR count). The van der Waals surface area contributed by atoms with E-state index in [0.717, 1.165) is 17.1 Å². The summed E-state index contributed by atoms with van der Waals surface area (Å²) in [6.07, 6.45) is 0. The van der Waals surface area contributed by atoms with Gasteiger partial charge < -0.3 is 9.84 Å². The molecule has 0 saturated carbocycles. The Morgan fingerprint density at radius 1 is 1.15 bits per heavy atom. The van der Waals surface area contributed by atoms with Gasteiger partial charge in [0.2, 0.25) is 0 Å². The van der Waals surface area contributed by atoms with Crippen LogP contribution in [0.5, 0.6) is 5.75 Å². The van der Waals surface area contributed by atoms with E-state index < -0.39 is 0 Å². The Kier molecular flexibility index (Phi) is 5.55. The number of thioether (sulfide) groups is 1. The van der Waals surface area contributed by atoms with Gasteiger partial charge in [0.1, 0.15) is 12.4 Å². The average Bonchev–Trinajstić information content (AvgIpc) is 2.52. The largest absolute Gasteiger partial charge is 0.495 e. The second-order valence-corrected chi connectivity index (χ2v) is 5.15. The lowest BCUT2D eigenvalue weighted by atomic mass is 10.1. The van der Waals surface area contributed by atoms with Crippen molar-refractivity contribution in [1.29, 1.82) is 0 Å². The fourth-order valence-electron chi connectivity index (χ4n) is 1.76. The van der Waals surface area contributed by atoms with Crippen molar-refractivity contribution in [2.75, 3.05) is 13.7 Å². The first-order valence-electron chi connectivity index (χ1n) is 6.28. The third-order valence-electron chi connectivity index (χ3n) is 2.71. The van der Waals surface area contributed by atoms with E-state index >= 15 is 0 Å². The van der Waals surface area contributed by atoms with Gasteiger partial charge in [0.15, 0.2) is 0 Å². The molecule has 3 heteroatoms. The molecule has 0 bridgehead atoms. The molecule has 0 atom stereocenters. The van der Waals surface area contributed by atoms with Gasteiger partial charge in [-0.3, -0.25) is 0 Å². The molecule has 0 amide bonds. The summed E-state index contributed by atoms with van der Waals surface area (Å²) in [7, 11) is 1.62. The topological polar surface area (TPSA) is 29.5 Å². The van der Waals surface area contributed by atoms with Crippen molar-refractivity contribution in [3.05, 3.63) is 59.7 Å². The van der Waals surface area contributed by atoms with Gasteiger partial charge in [-0.05, 0) is 29.8 Å². The summed E-state index contributed by atoms with van der Waals surface area (Å²) < 4.78 is 5.27.